The standard InChI is InChI=1S/C14H20N4O2/c1-3-12-15-6-4-11(16-12)8-18-7-5-14(10-18)9-17(2)13(19)20-14/h4,6H,3,5,7-10H2,1-2H3/t14-/m1/s1. The van der Waals surface area contributed by atoms with Crippen molar-refractivity contribution in [2.45, 2.75) is 31.9 Å². The average molecular weight is 276 g/mol. The number of carbonyl (C=O) groups excluding carboxylic acids is 1. The molecule has 0 saturated carbocycles. The lowest BCUT2D eigenvalue weighted by Gasteiger charge is -2.21. The summed E-state index contributed by atoms with van der Waals surface area (Å²) in [5.41, 5.74) is 0.721. The van der Waals surface area contributed by atoms with Gasteiger partial charge >= 0.3 is 6.09 Å². The highest BCUT2D eigenvalue weighted by Gasteiger charge is 2.48. The number of aryl methyl sites for hydroxylation is 1. The van der Waals surface area contributed by atoms with Gasteiger partial charge in [-0.25, -0.2) is 14.8 Å². The number of amides is 1. The zero-order valence-electron chi connectivity index (χ0n) is 12.0. The van der Waals surface area contributed by atoms with Gasteiger partial charge in [-0.15, -0.1) is 0 Å². The van der Waals surface area contributed by atoms with Gasteiger partial charge in [0.1, 0.15) is 11.4 Å². The van der Waals surface area contributed by atoms with Crippen LogP contribution in [0.5, 0.6) is 0 Å². The third kappa shape index (κ3) is 2.47. The van der Waals surface area contributed by atoms with E-state index < -0.39 is 0 Å². The number of ether oxygens (including phenoxy) is 1. The summed E-state index contributed by atoms with van der Waals surface area (Å²) in [6.45, 7) is 5.25. The molecule has 1 aromatic rings. The molecule has 0 bridgehead atoms. The van der Waals surface area contributed by atoms with E-state index in [9.17, 15) is 4.79 Å². The van der Waals surface area contributed by atoms with Crippen LogP contribution in [0.25, 0.3) is 0 Å². The topological polar surface area (TPSA) is 58.6 Å². The van der Waals surface area contributed by atoms with Crippen LogP contribution in [0.3, 0.4) is 0 Å². The fraction of sp³-hybridized carbons (Fsp3) is 0.643. The van der Waals surface area contributed by atoms with Crippen molar-refractivity contribution in [1.82, 2.24) is 19.8 Å². The summed E-state index contributed by atoms with van der Waals surface area (Å²) in [6.07, 6.45) is 3.35. The molecule has 3 heterocycles. The number of carbonyl (C=O) groups is 1. The first-order valence-electron chi connectivity index (χ1n) is 7.07. The molecule has 2 fully saturated rings. The molecule has 108 valence electrons. The molecule has 1 spiro atoms. The Kier molecular flexibility index (Phi) is 3.33. The van der Waals surface area contributed by atoms with Crippen LogP contribution in [0, 0.1) is 0 Å². The zero-order valence-corrected chi connectivity index (χ0v) is 12.0. The molecule has 3 rings (SSSR count). The SMILES string of the molecule is CCc1nccc(CN2CC[C@]3(C2)CN(C)C(=O)O3)n1. The lowest BCUT2D eigenvalue weighted by Crippen LogP contribution is -2.37. The minimum atomic E-state index is -0.313. The quantitative estimate of drug-likeness (QED) is 0.826. The van der Waals surface area contributed by atoms with Crippen LogP contribution in [-0.2, 0) is 17.7 Å². The van der Waals surface area contributed by atoms with Crippen molar-refractivity contribution in [3.05, 3.63) is 23.8 Å². The summed E-state index contributed by atoms with van der Waals surface area (Å²) in [5, 5.41) is 0. The highest BCUT2D eigenvalue weighted by atomic mass is 16.6. The van der Waals surface area contributed by atoms with Crippen molar-refractivity contribution >= 4 is 6.09 Å². The predicted molar refractivity (Wildman–Crippen MR) is 73.1 cm³/mol. The Morgan fingerprint density at radius 3 is 3.00 bits per heavy atom. The van der Waals surface area contributed by atoms with Crippen LogP contribution in [-0.4, -0.2) is 58.1 Å². The van der Waals surface area contributed by atoms with Crippen LogP contribution in [0.2, 0.25) is 0 Å². The van der Waals surface area contributed by atoms with E-state index in [0.29, 0.717) is 6.54 Å². The monoisotopic (exact) mass is 276 g/mol. The molecule has 6 nitrogen and oxygen atoms in total. The summed E-state index contributed by atoms with van der Waals surface area (Å²) in [7, 11) is 1.79. The van der Waals surface area contributed by atoms with Crippen molar-refractivity contribution in [3.8, 4) is 0 Å². The Balaban J connectivity index is 1.64. The second-order valence-corrected chi connectivity index (χ2v) is 5.69. The fourth-order valence-corrected chi connectivity index (χ4v) is 3.00. The highest BCUT2D eigenvalue weighted by molar-refractivity contribution is 5.70. The van der Waals surface area contributed by atoms with Gasteiger partial charge < -0.3 is 9.64 Å². The number of likely N-dealkylation sites (N-methyl/N-ethyl adjacent to an activating group) is 1. The number of likely N-dealkylation sites (tertiary alicyclic amines) is 1. The largest absolute Gasteiger partial charge is 0.439 e. The molecule has 0 N–H and O–H groups in total. The highest BCUT2D eigenvalue weighted by Crippen LogP contribution is 2.32. The van der Waals surface area contributed by atoms with Crippen LogP contribution in [0.4, 0.5) is 4.79 Å². The molecule has 0 aliphatic carbocycles. The van der Waals surface area contributed by atoms with E-state index >= 15 is 0 Å². The molecule has 1 aromatic heterocycles. The van der Waals surface area contributed by atoms with Gasteiger partial charge in [0.25, 0.3) is 0 Å². The van der Waals surface area contributed by atoms with Gasteiger partial charge in [-0.2, -0.15) is 0 Å². The van der Waals surface area contributed by atoms with Crippen molar-refractivity contribution in [1.29, 1.82) is 0 Å². The molecule has 0 unspecified atom stereocenters. The molecule has 0 aromatic carbocycles. The van der Waals surface area contributed by atoms with E-state index in [2.05, 4.69) is 21.8 Å². The van der Waals surface area contributed by atoms with Gasteiger partial charge in [-0.05, 0) is 6.07 Å². The lowest BCUT2D eigenvalue weighted by atomic mass is 10.0. The predicted octanol–water partition coefficient (Wildman–Crippen LogP) is 1.07. The molecule has 2 aliphatic rings. The Labute approximate surface area is 118 Å². The minimum absolute atomic E-state index is 0.206. The maximum absolute atomic E-state index is 11.5. The zero-order chi connectivity index (χ0) is 14.2. The van der Waals surface area contributed by atoms with Crippen molar-refractivity contribution in [3.63, 3.8) is 0 Å². The number of aromatic nitrogens is 2. The van der Waals surface area contributed by atoms with Crippen LogP contribution >= 0.6 is 0 Å². The molecule has 0 radical (unpaired) electrons. The number of nitrogens with zero attached hydrogens (tertiary/aromatic N) is 4. The first-order valence-corrected chi connectivity index (χ1v) is 7.07. The molecule has 2 saturated heterocycles. The molecule has 6 heteroatoms. The van der Waals surface area contributed by atoms with E-state index in [-0.39, 0.29) is 11.7 Å². The Bertz CT molecular complexity index is 522. The summed E-state index contributed by atoms with van der Waals surface area (Å²) in [5.74, 6) is 0.878. The normalized spacial score (nSPS) is 26.5. The number of hydrogen-bond donors (Lipinski definition) is 0. The van der Waals surface area contributed by atoms with E-state index in [1.165, 1.54) is 0 Å². The van der Waals surface area contributed by atoms with Crippen LogP contribution < -0.4 is 0 Å². The second-order valence-electron chi connectivity index (χ2n) is 5.69. The van der Waals surface area contributed by atoms with Crippen LogP contribution in [0.15, 0.2) is 12.3 Å². The van der Waals surface area contributed by atoms with Gasteiger partial charge in [-0.1, -0.05) is 6.92 Å². The summed E-state index contributed by atoms with van der Waals surface area (Å²) in [4.78, 5) is 24.3. The van der Waals surface area contributed by atoms with Crippen molar-refractivity contribution in [2.24, 2.45) is 0 Å². The summed E-state index contributed by atoms with van der Waals surface area (Å²) < 4.78 is 5.55. The maximum Gasteiger partial charge on any atom is 0.410 e. The molecular formula is C14H20N4O2. The Hall–Kier alpha value is -1.69. The second kappa shape index (κ2) is 5.01. The average Bonchev–Trinajstić information content (AvgIpc) is 2.93. The van der Waals surface area contributed by atoms with Gasteiger partial charge in [-0.3, -0.25) is 4.90 Å². The summed E-state index contributed by atoms with van der Waals surface area (Å²) >= 11 is 0. The Morgan fingerprint density at radius 1 is 1.45 bits per heavy atom. The molecule has 1 atom stereocenters. The van der Waals surface area contributed by atoms with Crippen LogP contribution in [0.1, 0.15) is 24.9 Å². The maximum atomic E-state index is 11.5. The summed E-state index contributed by atoms with van der Waals surface area (Å²) in [6, 6.07) is 1.96. The van der Waals surface area contributed by atoms with Gasteiger partial charge in [0, 0.05) is 45.7 Å². The Morgan fingerprint density at radius 2 is 2.30 bits per heavy atom. The van der Waals surface area contributed by atoms with E-state index in [4.69, 9.17) is 4.74 Å². The number of hydrogen-bond acceptors (Lipinski definition) is 5. The third-order valence-corrected chi connectivity index (χ3v) is 4.00. The lowest BCUT2D eigenvalue weighted by molar-refractivity contribution is 0.0626. The van der Waals surface area contributed by atoms with E-state index in [1.54, 1.807) is 11.9 Å². The smallest absolute Gasteiger partial charge is 0.410 e. The molecule has 2 aliphatic heterocycles. The van der Waals surface area contributed by atoms with Gasteiger partial charge in [0.15, 0.2) is 0 Å². The third-order valence-electron chi connectivity index (χ3n) is 4.00. The first kappa shape index (κ1) is 13.3. The van der Waals surface area contributed by atoms with Gasteiger partial charge in [0.2, 0.25) is 0 Å². The first-order chi connectivity index (χ1) is 9.60. The van der Waals surface area contributed by atoms with E-state index in [1.807, 2.05) is 12.3 Å². The molecule has 1 amide bonds. The molecular weight excluding hydrogens is 256 g/mol. The van der Waals surface area contributed by atoms with E-state index in [0.717, 1.165) is 44.0 Å². The number of rotatable bonds is 3. The minimum Gasteiger partial charge on any atom is -0.439 e. The van der Waals surface area contributed by atoms with Crippen molar-refractivity contribution < 1.29 is 9.53 Å². The van der Waals surface area contributed by atoms with Crippen molar-refractivity contribution in [2.75, 3.05) is 26.7 Å². The fourth-order valence-electron chi connectivity index (χ4n) is 3.00. The molecule has 20 heavy (non-hydrogen) atoms. The van der Waals surface area contributed by atoms with Gasteiger partial charge in [0.05, 0.1) is 12.2 Å².